The van der Waals surface area contributed by atoms with E-state index in [0.717, 1.165) is 6.42 Å². The summed E-state index contributed by atoms with van der Waals surface area (Å²) in [6.07, 6.45) is 6.10. The van der Waals surface area contributed by atoms with Crippen molar-refractivity contribution in [1.29, 1.82) is 0 Å². The third-order valence-corrected chi connectivity index (χ3v) is 8.27. The smallest absolute Gasteiger partial charge is 0.243 e. The molecule has 1 N–H and O–H groups in total. The van der Waals surface area contributed by atoms with Crippen LogP contribution in [0.25, 0.3) is 0 Å². The summed E-state index contributed by atoms with van der Waals surface area (Å²) < 4.78 is 0. The van der Waals surface area contributed by atoms with Gasteiger partial charge < -0.3 is 5.32 Å². The SMILES string of the molecule is CC(C(=O)NCC1CC2c3ccccc3C1c1ccccc12)N1C(=O)C2CC=CCC2C1=O. The van der Waals surface area contributed by atoms with Gasteiger partial charge in [0.1, 0.15) is 6.04 Å². The first-order chi connectivity index (χ1) is 16.1. The zero-order valence-corrected chi connectivity index (χ0v) is 18.7. The van der Waals surface area contributed by atoms with Crippen LogP contribution >= 0.6 is 0 Å². The molecule has 1 heterocycles. The second-order valence-corrected chi connectivity index (χ2v) is 9.91. The van der Waals surface area contributed by atoms with Crippen LogP contribution in [-0.2, 0) is 14.4 Å². The van der Waals surface area contributed by atoms with Crippen molar-refractivity contribution in [2.75, 3.05) is 6.54 Å². The fourth-order valence-corrected chi connectivity index (χ4v) is 6.66. The minimum absolute atomic E-state index is 0.198. The minimum atomic E-state index is -0.782. The molecule has 5 aliphatic rings. The normalized spacial score (nSPS) is 30.0. The van der Waals surface area contributed by atoms with E-state index in [1.165, 1.54) is 27.2 Å². The van der Waals surface area contributed by atoms with Crippen LogP contribution in [0.4, 0.5) is 0 Å². The highest BCUT2D eigenvalue weighted by atomic mass is 16.2. The van der Waals surface area contributed by atoms with Crippen LogP contribution in [-0.4, -0.2) is 35.2 Å². The number of amides is 3. The number of carbonyl (C=O) groups excluding carboxylic acids is 3. The summed E-state index contributed by atoms with van der Waals surface area (Å²) in [4.78, 5) is 40.1. The Morgan fingerprint density at radius 1 is 0.909 bits per heavy atom. The van der Waals surface area contributed by atoms with E-state index in [9.17, 15) is 14.4 Å². The first-order valence-electron chi connectivity index (χ1n) is 12.0. The Labute approximate surface area is 193 Å². The number of hydrogen-bond acceptors (Lipinski definition) is 3. The lowest BCUT2D eigenvalue weighted by molar-refractivity contribution is -0.147. The quantitative estimate of drug-likeness (QED) is 0.582. The summed E-state index contributed by atoms with van der Waals surface area (Å²) in [6.45, 7) is 2.21. The second kappa shape index (κ2) is 7.68. The molecule has 2 aromatic carbocycles. The molecule has 168 valence electrons. The van der Waals surface area contributed by atoms with E-state index in [2.05, 4.69) is 53.8 Å². The lowest BCUT2D eigenvalue weighted by Crippen LogP contribution is -2.50. The number of fused-ring (bicyclic) bond motifs is 2. The molecule has 3 amide bonds. The summed E-state index contributed by atoms with van der Waals surface area (Å²) in [5.74, 6) is -0.368. The average Bonchev–Trinajstić information content (AvgIpc) is 3.12. The molecule has 2 aromatic rings. The third-order valence-electron chi connectivity index (χ3n) is 8.27. The van der Waals surface area contributed by atoms with E-state index in [1.54, 1.807) is 6.92 Å². The maximum absolute atomic E-state index is 13.1. The Balaban J connectivity index is 1.19. The molecule has 0 radical (unpaired) electrons. The molecule has 0 saturated carbocycles. The Morgan fingerprint density at radius 3 is 1.97 bits per heavy atom. The van der Waals surface area contributed by atoms with Gasteiger partial charge in [-0.2, -0.15) is 0 Å². The molecular weight excluding hydrogens is 412 g/mol. The fourth-order valence-electron chi connectivity index (χ4n) is 6.66. The van der Waals surface area contributed by atoms with Gasteiger partial charge in [-0.05, 0) is 54.4 Å². The van der Waals surface area contributed by atoms with E-state index in [0.29, 0.717) is 25.3 Å². The summed E-state index contributed by atoms with van der Waals surface area (Å²) in [6, 6.07) is 16.5. The molecule has 1 fully saturated rings. The number of nitrogens with one attached hydrogen (secondary N) is 1. The predicted octanol–water partition coefficient (Wildman–Crippen LogP) is 3.74. The maximum atomic E-state index is 13.1. The molecule has 5 heteroatoms. The average molecular weight is 441 g/mol. The molecule has 1 saturated heterocycles. The van der Waals surface area contributed by atoms with E-state index < -0.39 is 6.04 Å². The largest absolute Gasteiger partial charge is 0.354 e. The topological polar surface area (TPSA) is 66.5 Å². The van der Waals surface area contributed by atoms with Crippen molar-refractivity contribution in [2.45, 2.75) is 44.1 Å². The number of carbonyl (C=O) groups is 3. The van der Waals surface area contributed by atoms with E-state index in [-0.39, 0.29) is 41.4 Å². The highest BCUT2D eigenvalue weighted by Crippen LogP contribution is 2.55. The summed E-state index contributed by atoms with van der Waals surface area (Å²) >= 11 is 0. The first kappa shape index (κ1) is 20.4. The fraction of sp³-hybridized carbons (Fsp3) is 0.393. The summed E-state index contributed by atoms with van der Waals surface area (Å²) in [5.41, 5.74) is 5.53. The van der Waals surface area contributed by atoms with Crippen LogP contribution in [0.5, 0.6) is 0 Å². The van der Waals surface area contributed by atoms with Gasteiger partial charge in [0.05, 0.1) is 11.8 Å². The van der Waals surface area contributed by atoms with Crippen molar-refractivity contribution in [3.8, 4) is 0 Å². The number of allylic oxidation sites excluding steroid dienone is 2. The van der Waals surface area contributed by atoms with E-state index >= 15 is 0 Å². The van der Waals surface area contributed by atoms with Gasteiger partial charge in [-0.3, -0.25) is 19.3 Å². The lowest BCUT2D eigenvalue weighted by atomic mass is 9.59. The molecule has 7 rings (SSSR count). The van der Waals surface area contributed by atoms with Crippen molar-refractivity contribution in [3.05, 3.63) is 82.9 Å². The molecule has 0 aromatic heterocycles. The Kier molecular flexibility index (Phi) is 4.75. The van der Waals surface area contributed by atoms with Crippen LogP contribution in [0, 0.1) is 17.8 Å². The van der Waals surface area contributed by atoms with Gasteiger partial charge in [0.25, 0.3) is 0 Å². The van der Waals surface area contributed by atoms with Crippen LogP contribution in [0.15, 0.2) is 60.7 Å². The molecule has 1 aliphatic heterocycles. The molecule has 33 heavy (non-hydrogen) atoms. The van der Waals surface area contributed by atoms with E-state index in [1.807, 2.05) is 12.2 Å². The molecule has 5 nitrogen and oxygen atoms in total. The predicted molar refractivity (Wildman–Crippen MR) is 124 cm³/mol. The zero-order chi connectivity index (χ0) is 22.7. The molecule has 2 bridgehead atoms. The molecule has 4 unspecified atom stereocenters. The Morgan fingerprint density at radius 2 is 1.42 bits per heavy atom. The number of benzene rings is 2. The van der Waals surface area contributed by atoms with E-state index in [4.69, 9.17) is 0 Å². The first-order valence-corrected chi connectivity index (χ1v) is 12.0. The van der Waals surface area contributed by atoms with Crippen LogP contribution in [0.1, 0.15) is 60.3 Å². The van der Waals surface area contributed by atoms with Crippen molar-refractivity contribution < 1.29 is 14.4 Å². The maximum Gasteiger partial charge on any atom is 0.243 e. The number of likely N-dealkylation sites (tertiary alicyclic amines) is 1. The van der Waals surface area contributed by atoms with Gasteiger partial charge in [-0.25, -0.2) is 0 Å². The molecule has 4 aliphatic carbocycles. The van der Waals surface area contributed by atoms with Gasteiger partial charge in [-0.1, -0.05) is 60.7 Å². The van der Waals surface area contributed by atoms with Gasteiger partial charge in [0.15, 0.2) is 0 Å². The Hall–Kier alpha value is -3.21. The number of hydrogen-bond donors (Lipinski definition) is 1. The monoisotopic (exact) mass is 440 g/mol. The standard InChI is InChI=1S/C28H28N2O3/c1-16(30-27(32)22-12-6-7-13-23(22)28(30)33)26(31)29-15-17-14-24-18-8-2-4-10-20(18)25(17)21-11-5-3-9-19(21)24/h2-11,16-17,22-25H,12-15H2,1H3,(H,29,31). The minimum Gasteiger partial charge on any atom is -0.354 e. The van der Waals surface area contributed by atoms with Gasteiger partial charge in [0, 0.05) is 18.4 Å². The van der Waals surface area contributed by atoms with Gasteiger partial charge in [0.2, 0.25) is 17.7 Å². The van der Waals surface area contributed by atoms with Crippen molar-refractivity contribution in [1.82, 2.24) is 10.2 Å². The molecule has 0 spiro atoms. The second-order valence-electron chi connectivity index (χ2n) is 9.91. The van der Waals surface area contributed by atoms with Gasteiger partial charge in [-0.15, -0.1) is 0 Å². The number of rotatable bonds is 4. The molecular formula is C28H28N2O3. The van der Waals surface area contributed by atoms with Crippen LogP contribution in [0.3, 0.4) is 0 Å². The van der Waals surface area contributed by atoms with Crippen molar-refractivity contribution in [3.63, 3.8) is 0 Å². The van der Waals surface area contributed by atoms with Crippen LogP contribution < -0.4 is 5.32 Å². The molecule has 4 atom stereocenters. The number of imide groups is 1. The number of nitrogens with zero attached hydrogens (tertiary/aromatic N) is 1. The lowest BCUT2D eigenvalue weighted by Gasteiger charge is -2.45. The summed E-state index contributed by atoms with van der Waals surface area (Å²) in [5, 5.41) is 3.10. The highest BCUT2D eigenvalue weighted by Gasteiger charge is 2.50. The Bertz CT molecular complexity index is 1110. The zero-order valence-electron chi connectivity index (χ0n) is 18.7. The van der Waals surface area contributed by atoms with Gasteiger partial charge >= 0.3 is 0 Å². The van der Waals surface area contributed by atoms with Crippen molar-refractivity contribution >= 4 is 17.7 Å². The summed E-state index contributed by atoms with van der Waals surface area (Å²) in [7, 11) is 0. The third kappa shape index (κ3) is 3.01. The van der Waals surface area contributed by atoms with Crippen molar-refractivity contribution in [2.24, 2.45) is 17.8 Å². The highest BCUT2D eigenvalue weighted by molar-refractivity contribution is 6.08. The van der Waals surface area contributed by atoms with Crippen LogP contribution in [0.2, 0.25) is 0 Å².